The first-order valence-electron chi connectivity index (χ1n) is 10.0. The van der Waals surface area contributed by atoms with Crippen LogP contribution in [0.2, 0.25) is 0 Å². The number of aliphatic imine (C=N–C) groups is 1. The van der Waals surface area contributed by atoms with Crippen LogP contribution in [0.1, 0.15) is 45.6 Å². The molecule has 154 valence electrons. The lowest BCUT2D eigenvalue weighted by atomic mass is 10.1. The van der Waals surface area contributed by atoms with Gasteiger partial charge in [-0.3, -0.25) is 14.6 Å². The molecule has 3 N–H and O–H groups in total. The van der Waals surface area contributed by atoms with Crippen LogP contribution in [0, 0.1) is 5.92 Å². The van der Waals surface area contributed by atoms with Crippen LogP contribution in [0.5, 0.6) is 0 Å². The number of likely N-dealkylation sites (tertiary alicyclic amines) is 1. The molecule has 2 rings (SSSR count). The van der Waals surface area contributed by atoms with E-state index in [1.54, 1.807) is 7.05 Å². The predicted octanol–water partition coefficient (Wildman–Crippen LogP) is 2.35. The monoisotopic (exact) mass is 387 g/mol. The summed E-state index contributed by atoms with van der Waals surface area (Å²) in [5.41, 5.74) is 1.86. The van der Waals surface area contributed by atoms with Crippen molar-refractivity contribution in [1.29, 1.82) is 0 Å². The van der Waals surface area contributed by atoms with Crippen molar-refractivity contribution >= 4 is 23.5 Å². The molecular weight excluding hydrogens is 354 g/mol. The number of anilines is 1. The molecule has 0 spiro atoms. The van der Waals surface area contributed by atoms with Gasteiger partial charge in [-0.15, -0.1) is 0 Å². The van der Waals surface area contributed by atoms with Crippen LogP contribution < -0.4 is 16.0 Å². The average Bonchev–Trinajstić information content (AvgIpc) is 3.12. The Hall–Kier alpha value is -2.57. The van der Waals surface area contributed by atoms with Gasteiger partial charge in [0.15, 0.2) is 5.96 Å². The summed E-state index contributed by atoms with van der Waals surface area (Å²) in [6.07, 6.45) is 1.98. The number of nitrogens with zero attached hydrogens (tertiary/aromatic N) is 2. The van der Waals surface area contributed by atoms with E-state index in [0.29, 0.717) is 37.8 Å². The topological polar surface area (TPSA) is 85.8 Å². The molecule has 0 bridgehead atoms. The number of benzene rings is 1. The number of carbonyl (C=O) groups is 2. The van der Waals surface area contributed by atoms with Crippen LogP contribution in [0.4, 0.5) is 5.69 Å². The molecule has 7 heteroatoms. The highest BCUT2D eigenvalue weighted by atomic mass is 16.2. The van der Waals surface area contributed by atoms with E-state index in [4.69, 9.17) is 0 Å². The quantitative estimate of drug-likeness (QED) is 0.495. The van der Waals surface area contributed by atoms with Gasteiger partial charge in [0.1, 0.15) is 0 Å². The van der Waals surface area contributed by atoms with Gasteiger partial charge in [-0.25, -0.2) is 0 Å². The van der Waals surface area contributed by atoms with Crippen molar-refractivity contribution in [2.24, 2.45) is 10.9 Å². The van der Waals surface area contributed by atoms with Gasteiger partial charge in [0.2, 0.25) is 11.8 Å². The van der Waals surface area contributed by atoms with E-state index in [9.17, 15) is 9.59 Å². The predicted molar refractivity (Wildman–Crippen MR) is 113 cm³/mol. The highest BCUT2D eigenvalue weighted by molar-refractivity contribution is 5.90. The molecule has 1 aromatic carbocycles. The van der Waals surface area contributed by atoms with Gasteiger partial charge in [0.25, 0.3) is 0 Å². The molecule has 0 aliphatic carbocycles. The van der Waals surface area contributed by atoms with Crippen molar-refractivity contribution in [2.45, 2.75) is 52.6 Å². The highest BCUT2D eigenvalue weighted by Crippen LogP contribution is 2.13. The molecule has 1 saturated heterocycles. The molecule has 1 fully saturated rings. The van der Waals surface area contributed by atoms with Crippen molar-refractivity contribution in [3.05, 3.63) is 29.8 Å². The van der Waals surface area contributed by atoms with Crippen molar-refractivity contribution in [1.82, 2.24) is 15.5 Å². The lowest BCUT2D eigenvalue weighted by Crippen LogP contribution is -2.44. The summed E-state index contributed by atoms with van der Waals surface area (Å²) in [4.78, 5) is 29.9. The molecule has 1 unspecified atom stereocenters. The maximum Gasteiger partial charge on any atom is 0.224 e. The van der Waals surface area contributed by atoms with Crippen LogP contribution in [0.3, 0.4) is 0 Å². The highest BCUT2D eigenvalue weighted by Gasteiger charge is 2.25. The van der Waals surface area contributed by atoms with Crippen molar-refractivity contribution in [3.63, 3.8) is 0 Å². The van der Waals surface area contributed by atoms with Crippen LogP contribution >= 0.6 is 0 Å². The van der Waals surface area contributed by atoms with Gasteiger partial charge in [-0.2, -0.15) is 0 Å². The van der Waals surface area contributed by atoms with E-state index in [-0.39, 0.29) is 17.9 Å². The minimum Gasteiger partial charge on any atom is -0.352 e. The molecule has 0 radical (unpaired) electrons. The Balaban J connectivity index is 1.84. The summed E-state index contributed by atoms with van der Waals surface area (Å²) in [7, 11) is 1.74. The molecule has 0 aromatic heterocycles. The second-order valence-electron chi connectivity index (χ2n) is 7.60. The molecule has 1 atom stereocenters. The maximum absolute atomic E-state index is 12.0. The van der Waals surface area contributed by atoms with E-state index in [1.165, 1.54) is 0 Å². The molecule has 1 aliphatic heterocycles. The first kappa shape index (κ1) is 21.7. The van der Waals surface area contributed by atoms with Crippen molar-refractivity contribution < 1.29 is 9.59 Å². The normalized spacial score (nSPS) is 17.0. The second-order valence-corrected chi connectivity index (χ2v) is 7.60. The summed E-state index contributed by atoms with van der Waals surface area (Å²) in [5.74, 6) is 1.27. The Labute approximate surface area is 168 Å². The SMILES string of the molecule is CCC(=O)N1CCC(NC(=NC)NCc2cccc(NC(=O)CC(C)C)c2)C1. The first-order valence-corrected chi connectivity index (χ1v) is 10.0. The van der Waals surface area contributed by atoms with Gasteiger partial charge in [-0.1, -0.05) is 32.9 Å². The van der Waals surface area contributed by atoms with Gasteiger partial charge >= 0.3 is 0 Å². The van der Waals surface area contributed by atoms with Gasteiger partial charge in [0, 0.05) is 51.3 Å². The van der Waals surface area contributed by atoms with Crippen LogP contribution in [0.25, 0.3) is 0 Å². The van der Waals surface area contributed by atoms with E-state index in [0.717, 1.165) is 24.2 Å². The Morgan fingerprint density at radius 3 is 2.79 bits per heavy atom. The lowest BCUT2D eigenvalue weighted by Gasteiger charge is -2.19. The maximum atomic E-state index is 12.0. The Morgan fingerprint density at radius 2 is 2.11 bits per heavy atom. The number of guanidine groups is 1. The largest absolute Gasteiger partial charge is 0.352 e. The zero-order valence-electron chi connectivity index (χ0n) is 17.4. The van der Waals surface area contributed by atoms with Gasteiger partial charge in [-0.05, 0) is 30.0 Å². The summed E-state index contributed by atoms with van der Waals surface area (Å²) < 4.78 is 0. The second kappa shape index (κ2) is 10.7. The van der Waals surface area contributed by atoms with Gasteiger partial charge < -0.3 is 20.9 Å². The molecule has 0 saturated carbocycles. The number of rotatable bonds is 7. The molecule has 1 aromatic rings. The minimum atomic E-state index is 0.0324. The zero-order chi connectivity index (χ0) is 20.5. The summed E-state index contributed by atoms with van der Waals surface area (Å²) in [6.45, 7) is 8.05. The van der Waals surface area contributed by atoms with Crippen molar-refractivity contribution in [2.75, 3.05) is 25.5 Å². The van der Waals surface area contributed by atoms with Crippen molar-refractivity contribution in [3.8, 4) is 0 Å². The summed E-state index contributed by atoms with van der Waals surface area (Å²) in [5, 5.41) is 9.64. The fraction of sp³-hybridized carbons (Fsp3) is 0.571. The Kier molecular flexibility index (Phi) is 8.29. The third kappa shape index (κ3) is 6.87. The smallest absolute Gasteiger partial charge is 0.224 e. The molecule has 1 heterocycles. The molecular formula is C21H33N5O2. The number of hydrogen-bond donors (Lipinski definition) is 3. The lowest BCUT2D eigenvalue weighted by molar-refractivity contribution is -0.129. The van der Waals surface area contributed by atoms with Crippen LogP contribution in [-0.4, -0.2) is 48.9 Å². The summed E-state index contributed by atoms with van der Waals surface area (Å²) >= 11 is 0. The van der Waals surface area contributed by atoms with E-state index in [1.807, 2.05) is 49.9 Å². The Morgan fingerprint density at radius 1 is 1.32 bits per heavy atom. The summed E-state index contributed by atoms with van der Waals surface area (Å²) in [6, 6.07) is 8.02. The minimum absolute atomic E-state index is 0.0324. The number of hydrogen-bond acceptors (Lipinski definition) is 3. The first-order chi connectivity index (χ1) is 13.4. The molecule has 7 nitrogen and oxygen atoms in total. The number of carbonyl (C=O) groups excluding carboxylic acids is 2. The zero-order valence-corrected chi connectivity index (χ0v) is 17.4. The van der Waals surface area contributed by atoms with Crippen LogP contribution in [-0.2, 0) is 16.1 Å². The molecule has 1 aliphatic rings. The van der Waals surface area contributed by atoms with Gasteiger partial charge in [0.05, 0.1) is 0 Å². The van der Waals surface area contributed by atoms with Crippen LogP contribution in [0.15, 0.2) is 29.3 Å². The molecule has 28 heavy (non-hydrogen) atoms. The molecule has 2 amide bonds. The standard InChI is InChI=1S/C21H33N5O2/c1-5-20(28)26-10-9-18(14-26)25-21(22-4)23-13-16-7-6-8-17(12-16)24-19(27)11-15(2)3/h6-8,12,15,18H,5,9-11,13-14H2,1-4H3,(H,24,27)(H2,22,23,25). The fourth-order valence-electron chi connectivity index (χ4n) is 3.24. The third-order valence-electron chi connectivity index (χ3n) is 4.67. The van der Waals surface area contributed by atoms with E-state index < -0.39 is 0 Å². The third-order valence-corrected chi connectivity index (χ3v) is 4.67. The van der Waals surface area contributed by atoms with E-state index >= 15 is 0 Å². The number of amides is 2. The average molecular weight is 388 g/mol. The Bertz CT molecular complexity index is 702. The fourth-order valence-corrected chi connectivity index (χ4v) is 3.24. The number of nitrogens with one attached hydrogen (secondary N) is 3. The van der Waals surface area contributed by atoms with E-state index in [2.05, 4.69) is 20.9 Å².